The van der Waals surface area contributed by atoms with E-state index in [0.717, 1.165) is 24.8 Å². The second kappa shape index (κ2) is 6.58. The lowest BCUT2D eigenvalue weighted by Gasteiger charge is -2.59. The van der Waals surface area contributed by atoms with Gasteiger partial charge in [0.2, 0.25) is 0 Å². The summed E-state index contributed by atoms with van der Waals surface area (Å²) in [6.45, 7) is 6.08. The molecule has 0 aromatic heterocycles. The van der Waals surface area contributed by atoms with Crippen molar-refractivity contribution in [1.29, 1.82) is 0 Å². The van der Waals surface area contributed by atoms with Crippen molar-refractivity contribution in [3.05, 3.63) is 23.8 Å². The van der Waals surface area contributed by atoms with E-state index in [4.69, 9.17) is 14.2 Å². The Labute approximate surface area is 177 Å². The predicted molar refractivity (Wildman–Crippen MR) is 108 cm³/mol. The molecule has 1 N–H and O–H groups in total. The number of ether oxygens (including phenoxy) is 3. The molecule has 164 valence electrons. The second-order valence-corrected chi connectivity index (χ2v) is 10.3. The summed E-state index contributed by atoms with van der Waals surface area (Å²) in [4.78, 5) is 25.3. The number of ketones is 2. The number of Topliss-reactive ketones (excluding diaryl/α,β-unsaturated/α-hetero) is 1. The lowest BCUT2D eigenvalue weighted by Crippen LogP contribution is -2.63. The topological polar surface area (TPSA) is 82.1 Å². The van der Waals surface area contributed by atoms with Gasteiger partial charge in [0.05, 0.1) is 12.2 Å². The number of aliphatic hydroxyl groups excluding tert-OH is 1. The number of carbonyl (C=O) groups is 2. The van der Waals surface area contributed by atoms with Crippen LogP contribution in [0, 0.1) is 28.6 Å². The summed E-state index contributed by atoms with van der Waals surface area (Å²) in [5.41, 5.74) is -0.796. The van der Waals surface area contributed by atoms with Gasteiger partial charge in [-0.2, -0.15) is 0 Å². The van der Waals surface area contributed by atoms with Crippen molar-refractivity contribution < 1.29 is 28.9 Å². The zero-order chi connectivity index (χ0) is 21.5. The van der Waals surface area contributed by atoms with Crippen molar-refractivity contribution >= 4 is 11.6 Å². The molecule has 7 unspecified atom stereocenters. The number of allylic oxidation sites excluding steroid dienone is 4. The Balaban J connectivity index is 1.57. The highest BCUT2D eigenvalue weighted by Crippen LogP contribution is 2.69. The van der Waals surface area contributed by atoms with E-state index in [0.29, 0.717) is 6.42 Å². The van der Waals surface area contributed by atoms with Gasteiger partial charge in [0, 0.05) is 23.9 Å². The van der Waals surface area contributed by atoms with Crippen LogP contribution >= 0.6 is 0 Å². The maximum Gasteiger partial charge on any atom is 0.193 e. The van der Waals surface area contributed by atoms with Gasteiger partial charge in [0.15, 0.2) is 23.5 Å². The Morgan fingerprint density at radius 2 is 2.13 bits per heavy atom. The Kier molecular flexibility index (Phi) is 4.51. The number of rotatable bonds is 3. The molecule has 1 saturated heterocycles. The fourth-order valence-electron chi connectivity index (χ4n) is 7.98. The molecule has 0 aromatic rings. The van der Waals surface area contributed by atoms with Crippen LogP contribution in [0.25, 0.3) is 0 Å². The molecule has 6 nitrogen and oxygen atoms in total. The first-order chi connectivity index (χ1) is 14.2. The highest BCUT2D eigenvalue weighted by Gasteiger charge is 2.75. The molecule has 0 aromatic carbocycles. The summed E-state index contributed by atoms with van der Waals surface area (Å²) >= 11 is 0. The van der Waals surface area contributed by atoms with Crippen LogP contribution in [0.15, 0.2) is 23.8 Å². The third-order valence-electron chi connectivity index (χ3n) is 9.05. The largest absolute Gasteiger partial charge is 0.393 e. The summed E-state index contributed by atoms with van der Waals surface area (Å²) in [5.74, 6) is 0.408. The molecule has 6 heteroatoms. The van der Waals surface area contributed by atoms with E-state index in [2.05, 4.69) is 13.8 Å². The van der Waals surface area contributed by atoms with Crippen LogP contribution in [0.1, 0.15) is 46.5 Å². The number of methoxy groups -OCH3 is 1. The van der Waals surface area contributed by atoms with E-state index in [1.165, 1.54) is 7.11 Å². The van der Waals surface area contributed by atoms with E-state index < -0.39 is 23.4 Å². The molecule has 1 heterocycles. The fraction of sp³-hybridized carbons (Fsp3) is 0.750. The van der Waals surface area contributed by atoms with Gasteiger partial charge in [-0.25, -0.2) is 0 Å². The van der Waals surface area contributed by atoms with Crippen molar-refractivity contribution in [3.8, 4) is 0 Å². The minimum Gasteiger partial charge on any atom is -0.393 e. The maximum atomic E-state index is 13.4. The number of hydrogen-bond donors (Lipinski definition) is 1. The van der Waals surface area contributed by atoms with E-state index >= 15 is 0 Å². The SMILES string of the molecule is COCC(=O)C12OC(C)OC1CC1C3CCC4=CC(=O)C=C[C@]4(C)C3C(O)C[C@@]12C. The van der Waals surface area contributed by atoms with Crippen molar-refractivity contribution in [2.24, 2.45) is 28.6 Å². The van der Waals surface area contributed by atoms with Crippen LogP contribution in [0.5, 0.6) is 0 Å². The van der Waals surface area contributed by atoms with E-state index in [1.807, 2.05) is 13.0 Å². The van der Waals surface area contributed by atoms with Gasteiger partial charge >= 0.3 is 0 Å². The molecule has 9 atom stereocenters. The molecule has 0 amide bonds. The average Bonchev–Trinajstić information content (AvgIpc) is 3.13. The van der Waals surface area contributed by atoms with Gasteiger partial charge in [-0.05, 0) is 56.6 Å². The summed E-state index contributed by atoms with van der Waals surface area (Å²) < 4.78 is 17.6. The van der Waals surface area contributed by atoms with Crippen LogP contribution in [-0.4, -0.2) is 54.5 Å². The van der Waals surface area contributed by atoms with Gasteiger partial charge in [-0.15, -0.1) is 0 Å². The van der Waals surface area contributed by atoms with Crippen molar-refractivity contribution in [2.45, 2.75) is 70.6 Å². The highest BCUT2D eigenvalue weighted by molar-refractivity contribution is 6.01. The van der Waals surface area contributed by atoms with Crippen LogP contribution < -0.4 is 0 Å². The van der Waals surface area contributed by atoms with Crippen molar-refractivity contribution in [1.82, 2.24) is 0 Å². The van der Waals surface area contributed by atoms with Crippen molar-refractivity contribution in [2.75, 3.05) is 13.7 Å². The first kappa shape index (κ1) is 20.6. The molecule has 3 saturated carbocycles. The molecular formula is C24H32O6. The van der Waals surface area contributed by atoms with Crippen LogP contribution in [0.4, 0.5) is 0 Å². The molecule has 0 spiro atoms. The second-order valence-electron chi connectivity index (χ2n) is 10.3. The molecule has 5 aliphatic rings. The summed E-state index contributed by atoms with van der Waals surface area (Å²) in [6, 6.07) is 0. The number of fused-ring (bicyclic) bond motifs is 7. The fourth-order valence-corrected chi connectivity index (χ4v) is 7.98. The van der Waals surface area contributed by atoms with Crippen molar-refractivity contribution in [3.63, 3.8) is 0 Å². The van der Waals surface area contributed by atoms with E-state index in [1.54, 1.807) is 12.2 Å². The predicted octanol–water partition coefficient (Wildman–Crippen LogP) is 2.59. The van der Waals surface area contributed by atoms with E-state index in [-0.39, 0.29) is 47.4 Å². The van der Waals surface area contributed by atoms with Gasteiger partial charge in [-0.1, -0.05) is 25.5 Å². The molecule has 0 bridgehead atoms. The standard InChI is InChI=1S/C24H32O6/c1-13-29-20-10-17-16-6-5-14-9-15(25)7-8-22(14,2)21(16)18(26)11-23(17,3)24(20,30-13)19(27)12-28-4/h7-9,13,16-18,20-21,26H,5-6,10-12H2,1-4H3/t13?,16?,17?,18?,20?,21?,22-,23-,24?/m0/s1. The third kappa shape index (κ3) is 2.39. The number of carbonyl (C=O) groups excluding carboxylic acids is 2. The first-order valence-corrected chi connectivity index (χ1v) is 11.1. The van der Waals surface area contributed by atoms with Crippen LogP contribution in [-0.2, 0) is 23.8 Å². The normalized spacial score (nSPS) is 51.6. The zero-order valence-corrected chi connectivity index (χ0v) is 18.2. The lowest BCUT2D eigenvalue weighted by atomic mass is 9.46. The average molecular weight is 417 g/mol. The Bertz CT molecular complexity index is 847. The van der Waals surface area contributed by atoms with Gasteiger partial charge in [-0.3, -0.25) is 9.59 Å². The smallest absolute Gasteiger partial charge is 0.193 e. The molecule has 5 rings (SSSR count). The maximum absolute atomic E-state index is 13.4. The summed E-state index contributed by atoms with van der Waals surface area (Å²) in [5, 5.41) is 11.5. The van der Waals surface area contributed by atoms with Gasteiger partial charge in [0.1, 0.15) is 6.61 Å². The van der Waals surface area contributed by atoms with Crippen LogP contribution in [0.2, 0.25) is 0 Å². The number of aliphatic hydroxyl groups is 1. The monoisotopic (exact) mass is 416 g/mol. The molecule has 30 heavy (non-hydrogen) atoms. The summed E-state index contributed by atoms with van der Waals surface area (Å²) in [6.07, 6.45) is 7.03. The minimum atomic E-state index is -1.07. The minimum absolute atomic E-state index is 0.0192. The van der Waals surface area contributed by atoms with E-state index in [9.17, 15) is 14.7 Å². The Morgan fingerprint density at radius 3 is 2.87 bits per heavy atom. The van der Waals surface area contributed by atoms with Gasteiger partial charge < -0.3 is 19.3 Å². The third-order valence-corrected chi connectivity index (χ3v) is 9.05. The van der Waals surface area contributed by atoms with Gasteiger partial charge in [0.25, 0.3) is 0 Å². The Hall–Kier alpha value is -1.34. The molecular weight excluding hydrogens is 384 g/mol. The Morgan fingerprint density at radius 1 is 1.37 bits per heavy atom. The highest BCUT2D eigenvalue weighted by atomic mass is 16.7. The number of hydrogen-bond acceptors (Lipinski definition) is 6. The molecule has 0 radical (unpaired) electrons. The quantitative estimate of drug-likeness (QED) is 0.762. The van der Waals surface area contributed by atoms with Crippen LogP contribution in [0.3, 0.4) is 0 Å². The molecule has 4 aliphatic carbocycles. The molecule has 4 fully saturated rings. The summed E-state index contributed by atoms with van der Waals surface area (Å²) in [7, 11) is 1.52. The lowest BCUT2D eigenvalue weighted by molar-refractivity contribution is -0.197. The molecule has 1 aliphatic heterocycles. The zero-order valence-electron chi connectivity index (χ0n) is 18.2. The first-order valence-electron chi connectivity index (χ1n) is 11.1.